The molecule has 1 aliphatic heterocycles. The van der Waals surface area contributed by atoms with E-state index in [9.17, 15) is 13.2 Å². The van der Waals surface area contributed by atoms with Gasteiger partial charge in [0, 0.05) is 42.8 Å². The number of rotatable bonds is 6. The maximum Gasteiger partial charge on any atom is 0.260 e. The van der Waals surface area contributed by atoms with Gasteiger partial charge in [-0.25, -0.2) is 13.4 Å². The highest BCUT2D eigenvalue weighted by Gasteiger charge is 2.33. The van der Waals surface area contributed by atoms with Gasteiger partial charge < -0.3 is 9.64 Å². The van der Waals surface area contributed by atoms with Gasteiger partial charge >= 0.3 is 0 Å². The zero-order chi connectivity index (χ0) is 19.7. The Bertz CT molecular complexity index is 1010. The van der Waals surface area contributed by atoms with Crippen LogP contribution < -0.4 is 4.74 Å². The van der Waals surface area contributed by atoms with E-state index in [1.54, 1.807) is 17.2 Å². The largest absolute Gasteiger partial charge is 0.438 e. The fourth-order valence-corrected chi connectivity index (χ4v) is 3.47. The third-order valence-electron chi connectivity index (χ3n) is 4.70. The van der Waals surface area contributed by atoms with Crippen LogP contribution in [0.25, 0.3) is 0 Å². The Morgan fingerprint density at radius 1 is 1.21 bits per heavy atom. The van der Waals surface area contributed by atoms with Crippen molar-refractivity contribution in [2.45, 2.75) is 18.8 Å². The van der Waals surface area contributed by atoms with Gasteiger partial charge in [-0.1, -0.05) is 24.3 Å². The molecule has 7 nitrogen and oxygen atoms in total. The van der Waals surface area contributed by atoms with E-state index in [0.717, 1.165) is 19.1 Å². The van der Waals surface area contributed by atoms with Gasteiger partial charge in [0.1, 0.15) is 17.1 Å². The summed E-state index contributed by atoms with van der Waals surface area (Å²) in [7, 11) is -3.16. The van der Waals surface area contributed by atoms with E-state index in [1.165, 1.54) is 5.41 Å². The van der Waals surface area contributed by atoms with Gasteiger partial charge in [-0.05, 0) is 25.0 Å². The zero-order valence-electron chi connectivity index (χ0n) is 15.5. The molecule has 0 radical (unpaired) electrons. The van der Waals surface area contributed by atoms with Crippen molar-refractivity contribution in [3.8, 4) is 11.6 Å². The standard InChI is InChI=1S/C20H21N3O4S/c1-28(25,26)10-9-14-12-23(13-14)20(24)17-11-21-18(15-7-8-15)22-19(17)27-16-5-3-2-4-6-16/h2-6,9-11,14-15H,7-8,12-13H2,1H3. The minimum atomic E-state index is -3.16. The zero-order valence-corrected chi connectivity index (χ0v) is 16.3. The number of sulfone groups is 1. The normalized spacial score (nSPS) is 17.5. The Kier molecular flexibility index (Phi) is 4.89. The summed E-state index contributed by atoms with van der Waals surface area (Å²) < 4.78 is 28.3. The monoisotopic (exact) mass is 399 g/mol. The van der Waals surface area contributed by atoms with E-state index < -0.39 is 9.84 Å². The molecule has 0 spiro atoms. The van der Waals surface area contributed by atoms with Crippen LogP contribution in [-0.2, 0) is 9.84 Å². The number of benzene rings is 1. The summed E-state index contributed by atoms with van der Waals surface area (Å²) in [6, 6.07) is 9.21. The molecular weight excluding hydrogens is 378 g/mol. The molecule has 2 aliphatic rings. The number of nitrogens with zero attached hydrogens (tertiary/aromatic N) is 3. The summed E-state index contributed by atoms with van der Waals surface area (Å²) in [5.74, 6) is 1.75. The minimum Gasteiger partial charge on any atom is -0.438 e. The van der Waals surface area contributed by atoms with Crippen molar-refractivity contribution in [1.29, 1.82) is 0 Å². The second-order valence-corrected chi connectivity index (χ2v) is 9.20. The highest BCUT2D eigenvalue weighted by atomic mass is 32.2. The van der Waals surface area contributed by atoms with Crippen LogP contribution in [0, 0.1) is 5.92 Å². The van der Waals surface area contributed by atoms with E-state index in [2.05, 4.69) is 9.97 Å². The van der Waals surface area contributed by atoms with Crippen LogP contribution in [0.4, 0.5) is 0 Å². The maximum absolute atomic E-state index is 12.9. The van der Waals surface area contributed by atoms with Crippen molar-refractivity contribution in [3.63, 3.8) is 0 Å². The van der Waals surface area contributed by atoms with Crippen molar-refractivity contribution >= 4 is 15.7 Å². The lowest BCUT2D eigenvalue weighted by molar-refractivity contribution is 0.0565. The molecule has 1 aliphatic carbocycles. The van der Waals surface area contributed by atoms with Gasteiger partial charge in [-0.15, -0.1) is 0 Å². The van der Waals surface area contributed by atoms with Crippen LogP contribution in [0.1, 0.15) is 34.9 Å². The van der Waals surface area contributed by atoms with Crippen LogP contribution in [0.3, 0.4) is 0 Å². The molecule has 0 N–H and O–H groups in total. The van der Waals surface area contributed by atoms with E-state index in [1.807, 2.05) is 30.3 Å². The highest BCUT2D eigenvalue weighted by molar-refractivity contribution is 7.93. The minimum absolute atomic E-state index is 0.0313. The molecule has 1 aromatic heterocycles. The summed E-state index contributed by atoms with van der Waals surface area (Å²) in [4.78, 5) is 23.4. The lowest BCUT2D eigenvalue weighted by Crippen LogP contribution is -2.49. The van der Waals surface area contributed by atoms with E-state index in [0.29, 0.717) is 36.1 Å². The number of hydrogen-bond acceptors (Lipinski definition) is 6. The second-order valence-electron chi connectivity index (χ2n) is 7.26. The number of carbonyl (C=O) groups excluding carboxylic acids is 1. The summed E-state index contributed by atoms with van der Waals surface area (Å²) >= 11 is 0. The number of para-hydroxylation sites is 1. The molecule has 0 atom stereocenters. The number of likely N-dealkylation sites (tertiary alicyclic amines) is 1. The van der Waals surface area contributed by atoms with Crippen molar-refractivity contribution in [2.75, 3.05) is 19.3 Å². The molecule has 0 bridgehead atoms. The van der Waals surface area contributed by atoms with Gasteiger partial charge in [0.15, 0.2) is 9.84 Å². The maximum atomic E-state index is 12.9. The van der Waals surface area contributed by atoms with Crippen LogP contribution >= 0.6 is 0 Å². The fourth-order valence-electron chi connectivity index (χ4n) is 2.97. The van der Waals surface area contributed by atoms with E-state index >= 15 is 0 Å². The molecule has 8 heteroatoms. The molecule has 28 heavy (non-hydrogen) atoms. The first-order chi connectivity index (χ1) is 13.4. The molecule has 2 aromatic rings. The van der Waals surface area contributed by atoms with Crippen LogP contribution in [0.2, 0.25) is 0 Å². The fraction of sp³-hybridized carbons (Fsp3) is 0.350. The molecule has 2 heterocycles. The van der Waals surface area contributed by atoms with E-state index in [-0.39, 0.29) is 17.7 Å². The predicted octanol–water partition coefficient (Wildman–Crippen LogP) is 2.78. The SMILES string of the molecule is CS(=O)(=O)C=CC1CN(C(=O)c2cnc(C3CC3)nc2Oc2ccccc2)C1. The Morgan fingerprint density at radius 3 is 2.57 bits per heavy atom. The number of ether oxygens (including phenoxy) is 1. The Labute approximate surface area is 164 Å². The smallest absolute Gasteiger partial charge is 0.260 e. The van der Waals surface area contributed by atoms with Gasteiger partial charge in [-0.2, -0.15) is 4.98 Å². The number of amides is 1. The van der Waals surface area contributed by atoms with Gasteiger partial charge in [0.25, 0.3) is 5.91 Å². The third-order valence-corrected chi connectivity index (χ3v) is 5.35. The first-order valence-electron chi connectivity index (χ1n) is 9.16. The lowest BCUT2D eigenvalue weighted by Gasteiger charge is -2.37. The van der Waals surface area contributed by atoms with Crippen molar-refractivity contribution in [1.82, 2.24) is 14.9 Å². The quantitative estimate of drug-likeness (QED) is 0.742. The number of hydrogen-bond donors (Lipinski definition) is 0. The topological polar surface area (TPSA) is 89.5 Å². The highest BCUT2D eigenvalue weighted by Crippen LogP contribution is 2.39. The van der Waals surface area contributed by atoms with Crippen LogP contribution in [0.5, 0.6) is 11.6 Å². The summed E-state index contributed by atoms with van der Waals surface area (Å²) in [6.07, 6.45) is 6.43. The number of aromatic nitrogens is 2. The lowest BCUT2D eigenvalue weighted by atomic mass is 9.99. The molecule has 4 rings (SSSR count). The third kappa shape index (κ3) is 4.39. The molecule has 1 amide bonds. The average Bonchev–Trinajstić information content (AvgIpc) is 3.45. The molecule has 1 saturated heterocycles. The van der Waals surface area contributed by atoms with Gasteiger partial charge in [-0.3, -0.25) is 4.79 Å². The summed E-state index contributed by atoms with van der Waals surface area (Å²) in [5.41, 5.74) is 0.318. The Balaban J connectivity index is 1.52. The molecule has 146 valence electrons. The van der Waals surface area contributed by atoms with Gasteiger partial charge in [0.2, 0.25) is 5.88 Å². The second kappa shape index (κ2) is 7.35. The molecule has 2 fully saturated rings. The van der Waals surface area contributed by atoms with E-state index in [4.69, 9.17) is 4.74 Å². The van der Waals surface area contributed by atoms with Crippen molar-refractivity contribution in [2.24, 2.45) is 5.92 Å². The Hall–Kier alpha value is -2.74. The predicted molar refractivity (Wildman–Crippen MR) is 104 cm³/mol. The summed E-state index contributed by atoms with van der Waals surface area (Å²) in [6.45, 7) is 0.917. The molecule has 1 saturated carbocycles. The van der Waals surface area contributed by atoms with Crippen molar-refractivity contribution < 1.29 is 17.9 Å². The van der Waals surface area contributed by atoms with Crippen LogP contribution in [-0.4, -0.2) is 48.5 Å². The van der Waals surface area contributed by atoms with Gasteiger partial charge in [0.05, 0.1) is 0 Å². The summed E-state index contributed by atoms with van der Waals surface area (Å²) in [5, 5.41) is 1.19. The first-order valence-corrected chi connectivity index (χ1v) is 11.1. The molecular formula is C20H21N3O4S. The molecule has 0 unspecified atom stereocenters. The molecule has 1 aromatic carbocycles. The van der Waals surface area contributed by atoms with Crippen molar-refractivity contribution in [3.05, 3.63) is 59.4 Å². The Morgan fingerprint density at radius 2 is 1.93 bits per heavy atom. The first kappa shape index (κ1) is 18.6. The number of carbonyl (C=O) groups is 1. The average molecular weight is 399 g/mol. The van der Waals surface area contributed by atoms with Crippen LogP contribution in [0.15, 0.2) is 48.0 Å².